The van der Waals surface area contributed by atoms with Gasteiger partial charge < -0.3 is 0 Å². The fourth-order valence-corrected chi connectivity index (χ4v) is 1.80. The van der Waals surface area contributed by atoms with E-state index < -0.39 is 0 Å². The number of thiophene rings is 1. The van der Waals surface area contributed by atoms with Gasteiger partial charge in [0.25, 0.3) is 0 Å². The van der Waals surface area contributed by atoms with Gasteiger partial charge in [-0.15, -0.1) is 11.3 Å². The molecule has 0 spiro atoms. The predicted molar refractivity (Wildman–Crippen MR) is 42.4 cm³/mol. The van der Waals surface area contributed by atoms with Crippen LogP contribution in [-0.4, -0.2) is 5.62 Å². The first-order valence-electron chi connectivity index (χ1n) is 2.51. The van der Waals surface area contributed by atoms with E-state index in [1.54, 1.807) is 11.3 Å². The van der Waals surface area contributed by atoms with Crippen LogP contribution in [0.1, 0.15) is 4.88 Å². The van der Waals surface area contributed by atoms with Crippen LogP contribution in [0.5, 0.6) is 0 Å². The molecule has 0 amide bonds. The molecule has 0 saturated heterocycles. The summed E-state index contributed by atoms with van der Waals surface area (Å²) in [5.41, 5.74) is 0.875. The van der Waals surface area contributed by atoms with Crippen molar-refractivity contribution < 1.29 is 4.79 Å². The van der Waals surface area contributed by atoms with Gasteiger partial charge in [-0.2, -0.15) is 0 Å². The first-order valence-corrected chi connectivity index (χ1v) is 4.44. The van der Waals surface area contributed by atoms with Crippen molar-refractivity contribution in [2.75, 3.05) is 0 Å². The number of hydrogen-bond acceptors (Lipinski definition) is 3. The van der Waals surface area contributed by atoms with Crippen molar-refractivity contribution in [1.29, 1.82) is 0 Å². The highest BCUT2D eigenvalue weighted by Crippen LogP contribution is 2.14. The highest BCUT2D eigenvalue weighted by Gasteiger charge is 1.90. The Balaban J connectivity index is 2.38. The van der Waals surface area contributed by atoms with Crippen molar-refractivity contribution in [1.82, 2.24) is 0 Å². The van der Waals surface area contributed by atoms with Crippen LogP contribution in [0.4, 0.5) is 0 Å². The van der Waals surface area contributed by atoms with Crippen LogP contribution in [0.3, 0.4) is 0 Å². The molecule has 0 aliphatic heterocycles. The third-order valence-electron chi connectivity index (χ3n) is 0.874. The van der Waals surface area contributed by atoms with Crippen molar-refractivity contribution in [2.24, 2.45) is 0 Å². The quantitative estimate of drug-likeness (QED) is 0.627. The van der Waals surface area contributed by atoms with Crippen LogP contribution in [0.15, 0.2) is 17.5 Å². The van der Waals surface area contributed by atoms with Gasteiger partial charge in [0.05, 0.1) is 0 Å². The Bertz CT molecular complexity index is 169. The summed E-state index contributed by atoms with van der Waals surface area (Å²) in [7, 11) is 0. The monoisotopic (exact) mass is 158 g/mol. The molecule has 0 atom stereocenters. The normalized spacial score (nSPS) is 9.33. The lowest BCUT2D eigenvalue weighted by Gasteiger charge is -1.85. The fraction of sp³-hybridized carbons (Fsp3) is 0.167. The minimum absolute atomic E-state index is 0.821. The number of carbonyl (C=O) groups excluding carboxylic acids is 1. The zero-order valence-electron chi connectivity index (χ0n) is 4.74. The van der Waals surface area contributed by atoms with Crippen LogP contribution in [0, 0.1) is 0 Å². The van der Waals surface area contributed by atoms with E-state index in [4.69, 9.17) is 0 Å². The zero-order chi connectivity index (χ0) is 6.53. The average molecular weight is 158 g/mol. The molecular formula is C6H6OS2. The Hall–Kier alpha value is -0.280. The van der Waals surface area contributed by atoms with E-state index in [0.717, 1.165) is 11.4 Å². The summed E-state index contributed by atoms with van der Waals surface area (Å²) in [5, 5.41) is 2.01. The van der Waals surface area contributed by atoms with Crippen molar-refractivity contribution in [2.45, 2.75) is 5.75 Å². The Morgan fingerprint density at radius 1 is 1.78 bits per heavy atom. The summed E-state index contributed by atoms with van der Waals surface area (Å²) in [6.45, 7) is 0. The largest absolute Gasteiger partial charge is 0.291 e. The SMILES string of the molecule is O=CSCc1cccs1. The van der Waals surface area contributed by atoms with Gasteiger partial charge in [0.2, 0.25) is 0 Å². The van der Waals surface area contributed by atoms with Gasteiger partial charge in [-0.25, -0.2) is 0 Å². The lowest BCUT2D eigenvalue weighted by atomic mass is 10.5. The van der Waals surface area contributed by atoms with Gasteiger partial charge in [-0.05, 0) is 11.4 Å². The molecular weight excluding hydrogens is 152 g/mol. The smallest absolute Gasteiger partial charge is 0.176 e. The Morgan fingerprint density at radius 3 is 3.22 bits per heavy atom. The molecule has 1 rings (SSSR count). The molecule has 0 unspecified atom stereocenters. The van der Waals surface area contributed by atoms with Crippen LogP contribution < -0.4 is 0 Å². The van der Waals surface area contributed by atoms with Crippen LogP contribution >= 0.6 is 23.1 Å². The molecule has 0 radical (unpaired) electrons. The summed E-state index contributed by atoms with van der Waals surface area (Å²) in [6.07, 6.45) is 0. The molecule has 3 heteroatoms. The van der Waals surface area contributed by atoms with Crippen LogP contribution in [0.2, 0.25) is 0 Å². The maximum atomic E-state index is 9.87. The minimum Gasteiger partial charge on any atom is -0.291 e. The molecule has 1 aromatic heterocycles. The molecule has 48 valence electrons. The molecule has 0 fully saturated rings. The molecule has 0 saturated carbocycles. The molecule has 1 aromatic rings. The molecule has 0 N–H and O–H groups in total. The van der Waals surface area contributed by atoms with E-state index >= 15 is 0 Å². The van der Waals surface area contributed by atoms with Gasteiger partial charge in [0.15, 0.2) is 5.62 Å². The second kappa shape index (κ2) is 3.69. The van der Waals surface area contributed by atoms with E-state index in [1.165, 1.54) is 16.6 Å². The van der Waals surface area contributed by atoms with Gasteiger partial charge in [-0.1, -0.05) is 17.8 Å². The Morgan fingerprint density at radius 2 is 2.67 bits per heavy atom. The van der Waals surface area contributed by atoms with Crippen molar-refractivity contribution in [3.05, 3.63) is 22.4 Å². The third kappa shape index (κ3) is 2.20. The summed E-state index contributed by atoms with van der Waals surface area (Å²) >= 11 is 2.98. The summed E-state index contributed by atoms with van der Waals surface area (Å²) < 4.78 is 0. The average Bonchev–Trinajstić information content (AvgIpc) is 2.34. The molecule has 0 aromatic carbocycles. The molecule has 9 heavy (non-hydrogen) atoms. The third-order valence-corrected chi connectivity index (χ3v) is 2.55. The number of carbonyl (C=O) groups is 1. The second-order valence-electron chi connectivity index (χ2n) is 1.49. The van der Waals surface area contributed by atoms with E-state index in [2.05, 4.69) is 0 Å². The second-order valence-corrected chi connectivity index (χ2v) is 3.33. The number of rotatable bonds is 3. The standard InChI is InChI=1S/C6H6OS2/c7-5-8-4-6-2-1-3-9-6/h1-3,5H,4H2. The van der Waals surface area contributed by atoms with E-state index in [-0.39, 0.29) is 0 Å². The Kier molecular flexibility index (Phi) is 2.80. The zero-order valence-corrected chi connectivity index (χ0v) is 6.37. The van der Waals surface area contributed by atoms with E-state index in [9.17, 15) is 4.79 Å². The van der Waals surface area contributed by atoms with E-state index in [1.807, 2.05) is 17.5 Å². The predicted octanol–water partition coefficient (Wildman–Crippen LogP) is 2.17. The molecule has 0 aliphatic carbocycles. The molecule has 0 aliphatic rings. The highest BCUT2D eigenvalue weighted by molar-refractivity contribution is 8.11. The molecule has 1 heterocycles. The van der Waals surface area contributed by atoms with Crippen molar-refractivity contribution >= 4 is 28.7 Å². The first kappa shape index (κ1) is 6.83. The summed E-state index contributed by atoms with van der Waals surface area (Å²) in [6, 6.07) is 4.02. The lowest BCUT2D eigenvalue weighted by molar-refractivity contribution is 0.570. The van der Waals surface area contributed by atoms with Crippen molar-refractivity contribution in [3.8, 4) is 0 Å². The summed E-state index contributed by atoms with van der Waals surface area (Å²) in [4.78, 5) is 11.1. The van der Waals surface area contributed by atoms with Crippen molar-refractivity contribution in [3.63, 3.8) is 0 Å². The van der Waals surface area contributed by atoms with Gasteiger partial charge in [0, 0.05) is 10.6 Å². The van der Waals surface area contributed by atoms with Crippen LogP contribution in [-0.2, 0) is 10.5 Å². The maximum Gasteiger partial charge on any atom is 0.176 e. The number of thioether (sulfide) groups is 1. The first-order chi connectivity index (χ1) is 4.43. The molecule has 0 bridgehead atoms. The topological polar surface area (TPSA) is 17.1 Å². The molecule has 1 nitrogen and oxygen atoms in total. The Labute approximate surface area is 62.1 Å². The highest BCUT2D eigenvalue weighted by atomic mass is 32.2. The number of hydrogen-bond donors (Lipinski definition) is 0. The maximum absolute atomic E-state index is 9.87. The van der Waals surface area contributed by atoms with Gasteiger partial charge in [-0.3, -0.25) is 4.79 Å². The lowest BCUT2D eigenvalue weighted by Crippen LogP contribution is -1.69. The van der Waals surface area contributed by atoms with Gasteiger partial charge in [0.1, 0.15) is 0 Å². The van der Waals surface area contributed by atoms with E-state index in [0.29, 0.717) is 0 Å². The minimum atomic E-state index is 0.821. The van der Waals surface area contributed by atoms with Gasteiger partial charge >= 0.3 is 0 Å². The van der Waals surface area contributed by atoms with Crippen LogP contribution in [0.25, 0.3) is 0 Å². The summed E-state index contributed by atoms with van der Waals surface area (Å²) in [5.74, 6) is 0.821. The fourth-order valence-electron chi connectivity index (χ4n) is 0.511.